The third-order valence-electron chi connectivity index (χ3n) is 1.11. The van der Waals surface area contributed by atoms with E-state index in [1.807, 2.05) is 18.2 Å². The molecule has 47 valence electrons. The molecule has 0 heterocycles. The summed E-state index contributed by atoms with van der Waals surface area (Å²) in [5.41, 5.74) is 1.34. The van der Waals surface area contributed by atoms with Crippen molar-refractivity contribution in [1.29, 1.82) is 0 Å². The van der Waals surface area contributed by atoms with Crippen molar-refractivity contribution in [3.8, 4) is 0 Å². The fraction of sp³-hybridized carbons (Fsp3) is 0.125. The van der Waals surface area contributed by atoms with Crippen molar-refractivity contribution in [3.05, 3.63) is 42.2 Å². The first-order valence-electron chi connectivity index (χ1n) is 2.84. The van der Waals surface area contributed by atoms with Gasteiger partial charge in [-0.1, -0.05) is 30.3 Å². The molecule has 0 fully saturated rings. The minimum Gasteiger partial charge on any atom is -0.156 e. The van der Waals surface area contributed by atoms with Gasteiger partial charge in [0.25, 0.3) is 0 Å². The predicted octanol–water partition coefficient (Wildman–Crippen LogP) is 2.71. The van der Waals surface area contributed by atoms with Gasteiger partial charge in [0.15, 0.2) is 0 Å². The van der Waals surface area contributed by atoms with E-state index < -0.39 is 0 Å². The third kappa shape index (κ3) is 2.10. The molecular weight excluding hydrogens is 128 g/mol. The molecule has 9 heavy (non-hydrogen) atoms. The number of benzene rings is 1. The van der Waals surface area contributed by atoms with Crippen LogP contribution in [0.25, 0.3) is 0 Å². The SMILES string of the molecule is [CH2]SCc1ccccc1. The molecule has 1 radical (unpaired) electrons. The van der Waals surface area contributed by atoms with Crippen molar-refractivity contribution in [2.45, 2.75) is 5.75 Å². The van der Waals surface area contributed by atoms with Crippen LogP contribution in [0.15, 0.2) is 30.3 Å². The highest BCUT2D eigenvalue weighted by Crippen LogP contribution is 2.08. The zero-order valence-electron chi connectivity index (χ0n) is 5.21. The first-order valence-corrected chi connectivity index (χ1v) is 4.00. The van der Waals surface area contributed by atoms with E-state index in [2.05, 4.69) is 18.4 Å². The predicted molar refractivity (Wildman–Crippen MR) is 43.1 cm³/mol. The summed E-state index contributed by atoms with van der Waals surface area (Å²) < 4.78 is 0. The van der Waals surface area contributed by atoms with Gasteiger partial charge in [-0.25, -0.2) is 0 Å². The van der Waals surface area contributed by atoms with Gasteiger partial charge in [0.1, 0.15) is 0 Å². The highest BCUT2D eigenvalue weighted by atomic mass is 32.2. The maximum absolute atomic E-state index is 3.70. The van der Waals surface area contributed by atoms with Crippen molar-refractivity contribution in [2.75, 3.05) is 0 Å². The molecule has 0 aliphatic heterocycles. The lowest BCUT2D eigenvalue weighted by Crippen LogP contribution is -1.74. The maximum Gasteiger partial charge on any atom is 0.0184 e. The Bertz CT molecular complexity index is 157. The molecular formula is C8H9S. The highest BCUT2D eigenvalue weighted by Gasteiger charge is 1.84. The summed E-state index contributed by atoms with van der Waals surface area (Å²) in [5.74, 6) is 1.01. The van der Waals surface area contributed by atoms with Crippen molar-refractivity contribution < 1.29 is 0 Å². The Kier molecular flexibility index (Phi) is 2.65. The Morgan fingerprint density at radius 3 is 2.44 bits per heavy atom. The summed E-state index contributed by atoms with van der Waals surface area (Å²) in [6, 6.07) is 10.3. The summed E-state index contributed by atoms with van der Waals surface area (Å²) in [5, 5.41) is 0. The van der Waals surface area contributed by atoms with E-state index in [9.17, 15) is 0 Å². The molecule has 0 aliphatic carbocycles. The van der Waals surface area contributed by atoms with E-state index in [1.54, 1.807) is 11.8 Å². The lowest BCUT2D eigenvalue weighted by molar-refractivity contribution is 1.42. The van der Waals surface area contributed by atoms with E-state index in [-0.39, 0.29) is 0 Å². The minimum atomic E-state index is 1.01. The van der Waals surface area contributed by atoms with E-state index in [0.29, 0.717) is 0 Å². The van der Waals surface area contributed by atoms with Crippen LogP contribution in [0.5, 0.6) is 0 Å². The molecule has 1 aromatic rings. The number of hydrogen-bond acceptors (Lipinski definition) is 1. The van der Waals surface area contributed by atoms with Crippen LogP contribution in [-0.2, 0) is 5.75 Å². The van der Waals surface area contributed by atoms with Gasteiger partial charge < -0.3 is 0 Å². The first-order chi connectivity index (χ1) is 4.43. The fourth-order valence-electron chi connectivity index (χ4n) is 0.692. The average Bonchev–Trinajstić information content (AvgIpc) is 1.91. The molecule has 0 amide bonds. The largest absolute Gasteiger partial charge is 0.156 e. The molecule has 1 aromatic carbocycles. The van der Waals surface area contributed by atoms with Gasteiger partial charge >= 0.3 is 0 Å². The Morgan fingerprint density at radius 2 is 1.89 bits per heavy atom. The summed E-state index contributed by atoms with van der Waals surface area (Å²) in [7, 11) is 0. The molecule has 0 unspecified atom stereocenters. The van der Waals surface area contributed by atoms with Crippen molar-refractivity contribution in [3.63, 3.8) is 0 Å². The Hall–Kier alpha value is -0.430. The minimum absolute atomic E-state index is 1.01. The number of thioether (sulfide) groups is 1. The fourth-order valence-corrected chi connectivity index (χ4v) is 1.12. The van der Waals surface area contributed by atoms with Crippen LogP contribution in [0.3, 0.4) is 0 Å². The quantitative estimate of drug-likeness (QED) is 0.604. The van der Waals surface area contributed by atoms with Gasteiger partial charge in [0, 0.05) is 12.0 Å². The monoisotopic (exact) mass is 137 g/mol. The zero-order chi connectivity index (χ0) is 6.53. The van der Waals surface area contributed by atoms with Crippen LogP contribution in [0, 0.1) is 6.26 Å². The van der Waals surface area contributed by atoms with Crippen LogP contribution >= 0.6 is 11.8 Å². The van der Waals surface area contributed by atoms with Gasteiger partial charge in [-0.3, -0.25) is 0 Å². The topological polar surface area (TPSA) is 0 Å². The van der Waals surface area contributed by atoms with Crippen molar-refractivity contribution in [1.82, 2.24) is 0 Å². The van der Waals surface area contributed by atoms with Crippen LogP contribution in [0.1, 0.15) is 5.56 Å². The maximum atomic E-state index is 3.70. The molecule has 1 heteroatoms. The van der Waals surface area contributed by atoms with Crippen LogP contribution < -0.4 is 0 Å². The van der Waals surface area contributed by atoms with E-state index in [4.69, 9.17) is 0 Å². The van der Waals surface area contributed by atoms with Crippen molar-refractivity contribution >= 4 is 11.8 Å². The van der Waals surface area contributed by atoms with Crippen LogP contribution in [-0.4, -0.2) is 0 Å². The Morgan fingerprint density at radius 1 is 1.22 bits per heavy atom. The van der Waals surface area contributed by atoms with Crippen molar-refractivity contribution in [2.24, 2.45) is 0 Å². The lowest BCUT2D eigenvalue weighted by Gasteiger charge is -1.93. The molecule has 0 aromatic heterocycles. The normalized spacial score (nSPS) is 9.44. The van der Waals surface area contributed by atoms with E-state index in [1.165, 1.54) is 5.56 Å². The third-order valence-corrected chi connectivity index (χ3v) is 1.65. The van der Waals surface area contributed by atoms with E-state index in [0.717, 1.165) is 5.75 Å². The zero-order valence-corrected chi connectivity index (χ0v) is 6.03. The van der Waals surface area contributed by atoms with E-state index >= 15 is 0 Å². The second kappa shape index (κ2) is 3.57. The van der Waals surface area contributed by atoms with Crippen LogP contribution in [0.2, 0.25) is 0 Å². The smallest absolute Gasteiger partial charge is 0.0184 e. The second-order valence-electron chi connectivity index (χ2n) is 1.83. The average molecular weight is 137 g/mol. The highest BCUT2D eigenvalue weighted by molar-refractivity contribution is 7.99. The first kappa shape index (κ1) is 6.69. The van der Waals surface area contributed by atoms with Crippen LogP contribution in [0.4, 0.5) is 0 Å². The molecule has 0 aliphatic rings. The summed E-state index contributed by atoms with van der Waals surface area (Å²) in [6.45, 7) is 0. The standard InChI is InChI=1S/C8H9S/c1-9-7-8-5-3-2-4-6-8/h2-6H,1,7H2. The molecule has 0 bridgehead atoms. The number of rotatable bonds is 2. The van der Waals surface area contributed by atoms with Gasteiger partial charge in [-0.05, 0) is 5.56 Å². The van der Waals surface area contributed by atoms with Gasteiger partial charge in [0.2, 0.25) is 0 Å². The molecule has 0 nitrogen and oxygen atoms in total. The Balaban J connectivity index is 2.61. The number of hydrogen-bond donors (Lipinski definition) is 0. The Labute approximate surface area is 60.3 Å². The molecule has 1 rings (SSSR count). The summed E-state index contributed by atoms with van der Waals surface area (Å²) in [6.07, 6.45) is 3.70. The van der Waals surface area contributed by atoms with Gasteiger partial charge in [0.05, 0.1) is 0 Å². The molecule has 0 saturated carbocycles. The molecule has 0 atom stereocenters. The molecule has 0 spiro atoms. The molecule has 0 saturated heterocycles. The second-order valence-corrected chi connectivity index (χ2v) is 2.53. The lowest BCUT2D eigenvalue weighted by atomic mass is 10.2. The van der Waals surface area contributed by atoms with Gasteiger partial charge in [-0.2, -0.15) is 11.8 Å². The van der Waals surface area contributed by atoms with Gasteiger partial charge in [-0.15, -0.1) is 0 Å². The summed E-state index contributed by atoms with van der Waals surface area (Å²) >= 11 is 1.60. The molecule has 0 N–H and O–H groups in total. The summed E-state index contributed by atoms with van der Waals surface area (Å²) in [4.78, 5) is 0.